The van der Waals surface area contributed by atoms with Crippen molar-refractivity contribution >= 4 is 34.3 Å². The summed E-state index contributed by atoms with van der Waals surface area (Å²) in [5.74, 6) is -0.767. The van der Waals surface area contributed by atoms with Crippen LogP contribution in [0.5, 0.6) is 0 Å². The molecule has 4 rings (SSSR count). The first-order valence-electron chi connectivity index (χ1n) is 10.2. The van der Waals surface area contributed by atoms with Gasteiger partial charge in [-0.25, -0.2) is 0 Å². The molecule has 0 atom stereocenters. The highest BCUT2D eigenvalue weighted by Crippen LogP contribution is 2.25. The number of rotatable bonds is 5. The second-order valence-corrected chi connectivity index (χ2v) is 8.21. The van der Waals surface area contributed by atoms with Crippen LogP contribution < -0.4 is 10.7 Å². The summed E-state index contributed by atoms with van der Waals surface area (Å²) < 4.78 is 3.23. The van der Waals surface area contributed by atoms with Crippen LogP contribution >= 0.6 is 11.6 Å². The Bertz CT molecular complexity index is 1420. The summed E-state index contributed by atoms with van der Waals surface area (Å²) in [5, 5.41) is 7.59. The molecule has 0 radical (unpaired) electrons. The molecule has 9 heteroatoms. The number of benzene rings is 2. The number of amides is 2. The lowest BCUT2D eigenvalue weighted by Crippen LogP contribution is -2.34. The molecule has 2 amide bonds. The first kappa shape index (κ1) is 22.3. The number of nitrogens with one attached hydrogen (secondary N) is 1. The summed E-state index contributed by atoms with van der Waals surface area (Å²) in [5.41, 5.74) is 1.56. The molecule has 2 aromatic carbocycles. The first-order chi connectivity index (χ1) is 15.8. The van der Waals surface area contributed by atoms with Gasteiger partial charge in [0, 0.05) is 55.5 Å². The summed E-state index contributed by atoms with van der Waals surface area (Å²) in [7, 11) is 4.93. The van der Waals surface area contributed by atoms with Gasteiger partial charge in [0.2, 0.25) is 0 Å². The molecule has 0 aliphatic rings. The van der Waals surface area contributed by atoms with E-state index in [0.29, 0.717) is 27.2 Å². The zero-order chi connectivity index (χ0) is 23.7. The average Bonchev–Trinajstić information content (AvgIpc) is 3.24. The van der Waals surface area contributed by atoms with Gasteiger partial charge in [0.25, 0.3) is 11.8 Å². The predicted octanol–water partition coefficient (Wildman–Crippen LogP) is 3.01. The highest BCUT2D eigenvalue weighted by Gasteiger charge is 2.25. The van der Waals surface area contributed by atoms with Crippen molar-refractivity contribution in [2.24, 2.45) is 7.05 Å². The number of halogens is 1. The van der Waals surface area contributed by atoms with Gasteiger partial charge in [0.15, 0.2) is 5.43 Å². The van der Waals surface area contributed by atoms with E-state index in [1.54, 1.807) is 50.1 Å². The van der Waals surface area contributed by atoms with Crippen LogP contribution in [0.25, 0.3) is 16.6 Å². The van der Waals surface area contributed by atoms with Crippen molar-refractivity contribution in [2.45, 2.75) is 6.54 Å². The van der Waals surface area contributed by atoms with E-state index in [2.05, 4.69) is 10.4 Å². The largest absolute Gasteiger partial charge is 0.348 e. The van der Waals surface area contributed by atoms with Crippen molar-refractivity contribution in [1.82, 2.24) is 24.6 Å². The molecule has 0 saturated carbocycles. The minimum absolute atomic E-state index is 0.132. The Kier molecular flexibility index (Phi) is 6.02. The highest BCUT2D eigenvalue weighted by atomic mass is 35.5. The fourth-order valence-electron chi connectivity index (χ4n) is 3.66. The van der Waals surface area contributed by atoms with Crippen LogP contribution in [0, 0.1) is 0 Å². The topological polar surface area (TPSA) is 89.2 Å². The third kappa shape index (κ3) is 4.25. The Hall–Kier alpha value is -3.91. The summed E-state index contributed by atoms with van der Waals surface area (Å²) in [6.07, 6.45) is 3.01. The first-order valence-corrected chi connectivity index (χ1v) is 10.6. The molecule has 168 valence electrons. The number of nitrogens with zero attached hydrogens (tertiary/aromatic N) is 4. The molecule has 8 nitrogen and oxygen atoms in total. The SMILES string of the molecule is CN(C)C(=O)c1c(CNC(=O)c2cnn(C)c2)c(=O)c2ccc(Cl)cc2n1-c1ccccc1. The van der Waals surface area contributed by atoms with Gasteiger partial charge in [-0.15, -0.1) is 0 Å². The van der Waals surface area contributed by atoms with E-state index < -0.39 is 5.91 Å². The van der Waals surface area contributed by atoms with Gasteiger partial charge in [-0.1, -0.05) is 29.8 Å². The summed E-state index contributed by atoms with van der Waals surface area (Å²) >= 11 is 6.26. The molecule has 0 spiro atoms. The maximum absolute atomic E-state index is 13.5. The van der Waals surface area contributed by atoms with E-state index in [-0.39, 0.29) is 29.1 Å². The van der Waals surface area contributed by atoms with Crippen molar-refractivity contribution < 1.29 is 9.59 Å². The Balaban J connectivity index is 1.97. The molecule has 2 aromatic heterocycles. The molecule has 0 fully saturated rings. The van der Waals surface area contributed by atoms with Crippen molar-refractivity contribution in [3.8, 4) is 5.69 Å². The fraction of sp³-hybridized carbons (Fsp3) is 0.167. The van der Waals surface area contributed by atoms with E-state index in [9.17, 15) is 14.4 Å². The number of pyridine rings is 1. The molecule has 0 aliphatic carbocycles. The van der Waals surface area contributed by atoms with Crippen LogP contribution in [0.1, 0.15) is 26.4 Å². The number of fused-ring (bicyclic) bond motifs is 1. The van der Waals surface area contributed by atoms with Gasteiger partial charge in [0.05, 0.1) is 17.3 Å². The number of hydrogen-bond acceptors (Lipinski definition) is 4. The zero-order valence-electron chi connectivity index (χ0n) is 18.4. The Morgan fingerprint density at radius 1 is 1.12 bits per heavy atom. The second-order valence-electron chi connectivity index (χ2n) is 7.77. The number of hydrogen-bond donors (Lipinski definition) is 1. The van der Waals surface area contributed by atoms with Crippen molar-refractivity contribution in [1.29, 1.82) is 0 Å². The van der Waals surface area contributed by atoms with E-state index in [1.165, 1.54) is 15.8 Å². The molecule has 4 aromatic rings. The normalized spacial score (nSPS) is 10.9. The number of carbonyl (C=O) groups excluding carboxylic acids is 2. The number of aromatic nitrogens is 3. The standard InChI is InChI=1S/C24H22ClN5O3/c1-28(2)24(33)21-19(13-26-23(32)15-12-27-29(3)14-15)22(31)18-10-9-16(25)11-20(18)30(21)17-7-5-4-6-8-17/h4-12,14H,13H2,1-3H3,(H,26,32). The maximum Gasteiger partial charge on any atom is 0.270 e. The summed E-state index contributed by atoms with van der Waals surface area (Å²) in [6.45, 7) is -0.132. The minimum Gasteiger partial charge on any atom is -0.348 e. The van der Waals surface area contributed by atoms with Crippen LogP contribution in [-0.4, -0.2) is 45.2 Å². The summed E-state index contributed by atoms with van der Waals surface area (Å²) in [6, 6.07) is 14.2. The lowest BCUT2D eigenvalue weighted by atomic mass is 10.0. The van der Waals surface area contributed by atoms with Gasteiger partial charge in [0.1, 0.15) is 5.69 Å². The molecule has 2 heterocycles. The molecule has 0 saturated heterocycles. The average molecular weight is 464 g/mol. The maximum atomic E-state index is 13.5. The van der Waals surface area contributed by atoms with E-state index >= 15 is 0 Å². The highest BCUT2D eigenvalue weighted by molar-refractivity contribution is 6.31. The number of carbonyl (C=O) groups is 2. The van der Waals surface area contributed by atoms with Crippen molar-refractivity contribution in [3.05, 3.63) is 93.0 Å². The Morgan fingerprint density at radius 2 is 1.85 bits per heavy atom. The lowest BCUT2D eigenvalue weighted by molar-refractivity contribution is 0.0816. The van der Waals surface area contributed by atoms with E-state index in [1.807, 2.05) is 30.3 Å². The second kappa shape index (κ2) is 8.91. The third-order valence-corrected chi connectivity index (χ3v) is 5.48. The van der Waals surface area contributed by atoms with Crippen LogP contribution in [0.15, 0.2) is 65.7 Å². The van der Waals surface area contributed by atoms with E-state index in [0.717, 1.165) is 0 Å². The zero-order valence-corrected chi connectivity index (χ0v) is 19.1. The molecular formula is C24H22ClN5O3. The predicted molar refractivity (Wildman–Crippen MR) is 127 cm³/mol. The molecule has 0 aliphatic heterocycles. The van der Waals surface area contributed by atoms with Gasteiger partial charge >= 0.3 is 0 Å². The number of para-hydroxylation sites is 1. The monoisotopic (exact) mass is 463 g/mol. The third-order valence-electron chi connectivity index (χ3n) is 5.24. The Morgan fingerprint density at radius 3 is 2.48 bits per heavy atom. The fourth-order valence-corrected chi connectivity index (χ4v) is 3.83. The van der Waals surface area contributed by atoms with E-state index in [4.69, 9.17) is 11.6 Å². The van der Waals surface area contributed by atoms with Gasteiger partial charge in [-0.3, -0.25) is 19.1 Å². The van der Waals surface area contributed by atoms with Crippen LogP contribution in [0.3, 0.4) is 0 Å². The minimum atomic E-state index is -0.395. The van der Waals surface area contributed by atoms with Gasteiger partial charge in [-0.2, -0.15) is 5.10 Å². The molecular weight excluding hydrogens is 442 g/mol. The van der Waals surface area contributed by atoms with Gasteiger partial charge in [-0.05, 0) is 30.3 Å². The van der Waals surface area contributed by atoms with Gasteiger partial charge < -0.3 is 14.8 Å². The van der Waals surface area contributed by atoms with Crippen LogP contribution in [0.2, 0.25) is 5.02 Å². The summed E-state index contributed by atoms with van der Waals surface area (Å²) in [4.78, 5) is 40.9. The smallest absolute Gasteiger partial charge is 0.270 e. The number of aryl methyl sites for hydroxylation is 1. The Labute approximate surface area is 195 Å². The van der Waals surface area contributed by atoms with Crippen molar-refractivity contribution in [3.63, 3.8) is 0 Å². The molecule has 0 unspecified atom stereocenters. The molecule has 1 N–H and O–H groups in total. The quantitative estimate of drug-likeness (QED) is 0.492. The van der Waals surface area contributed by atoms with Crippen molar-refractivity contribution in [2.75, 3.05) is 14.1 Å². The van der Waals surface area contributed by atoms with Crippen LogP contribution in [0.4, 0.5) is 0 Å². The van der Waals surface area contributed by atoms with Crippen LogP contribution in [-0.2, 0) is 13.6 Å². The molecule has 33 heavy (non-hydrogen) atoms. The molecule has 0 bridgehead atoms. The lowest BCUT2D eigenvalue weighted by Gasteiger charge is -2.22.